The molecule has 3 heteroatoms. The molecule has 0 amide bonds. The predicted molar refractivity (Wildman–Crippen MR) is 63.4 cm³/mol. The maximum Gasteiger partial charge on any atom is 0.125 e. The van der Waals surface area contributed by atoms with Crippen molar-refractivity contribution in [2.45, 2.75) is 25.8 Å². The lowest BCUT2D eigenvalue weighted by Crippen LogP contribution is -2.45. The average molecular weight is 218 g/mol. The van der Waals surface area contributed by atoms with Crippen molar-refractivity contribution in [3.05, 3.63) is 35.3 Å². The molecule has 16 heavy (non-hydrogen) atoms. The van der Waals surface area contributed by atoms with E-state index in [9.17, 15) is 0 Å². The summed E-state index contributed by atoms with van der Waals surface area (Å²) in [5, 5.41) is 4.81. The van der Waals surface area contributed by atoms with Crippen LogP contribution in [0.1, 0.15) is 19.8 Å². The minimum Gasteiger partial charge on any atom is -0.496 e. The summed E-state index contributed by atoms with van der Waals surface area (Å²) < 4.78 is 5.48. The van der Waals surface area contributed by atoms with Crippen LogP contribution < -0.4 is 0 Å². The number of methoxy groups -OCH3 is 1. The molecule has 86 valence electrons. The van der Waals surface area contributed by atoms with Crippen molar-refractivity contribution < 1.29 is 4.74 Å². The average Bonchev–Trinajstić information content (AvgIpc) is 2.67. The third kappa shape index (κ3) is 1.39. The summed E-state index contributed by atoms with van der Waals surface area (Å²) in [7, 11) is 1.76. The van der Waals surface area contributed by atoms with Gasteiger partial charge in [0.1, 0.15) is 5.76 Å². The number of ether oxygens (including phenoxy) is 1. The highest BCUT2D eigenvalue weighted by molar-refractivity contribution is 5.46. The number of fused-ring (bicyclic) bond motifs is 3. The molecule has 3 nitrogen and oxygen atoms in total. The molecule has 2 aliphatic heterocycles. The van der Waals surface area contributed by atoms with Crippen molar-refractivity contribution in [3.8, 4) is 0 Å². The van der Waals surface area contributed by atoms with Crippen LogP contribution in [0.15, 0.2) is 35.3 Å². The maximum atomic E-state index is 5.48. The molecule has 1 aliphatic carbocycles. The summed E-state index contributed by atoms with van der Waals surface area (Å²) in [4.78, 5) is 0. The van der Waals surface area contributed by atoms with E-state index in [1.807, 2.05) is 0 Å². The summed E-state index contributed by atoms with van der Waals surface area (Å²) in [5.74, 6) is 1.03. The molecule has 2 heterocycles. The number of hydrogen-bond donors (Lipinski definition) is 0. The van der Waals surface area contributed by atoms with Crippen LogP contribution in [0, 0.1) is 0 Å². The second kappa shape index (κ2) is 3.67. The number of hydrazine groups is 1. The van der Waals surface area contributed by atoms with Gasteiger partial charge in [0.15, 0.2) is 0 Å². The van der Waals surface area contributed by atoms with Crippen LogP contribution in [-0.2, 0) is 4.74 Å². The molecule has 3 aliphatic rings. The summed E-state index contributed by atoms with van der Waals surface area (Å²) in [5.41, 5.74) is 2.61. The molecule has 0 radical (unpaired) electrons. The molecule has 0 aromatic rings. The monoisotopic (exact) mass is 218 g/mol. The highest BCUT2D eigenvalue weighted by Crippen LogP contribution is 2.35. The van der Waals surface area contributed by atoms with Gasteiger partial charge in [0.05, 0.1) is 13.2 Å². The largest absolute Gasteiger partial charge is 0.496 e. The Kier molecular flexibility index (Phi) is 2.28. The minimum atomic E-state index is 0.403. The van der Waals surface area contributed by atoms with Gasteiger partial charge in [-0.2, -0.15) is 0 Å². The number of allylic oxidation sites excluding steroid dienone is 2. The Morgan fingerprint density at radius 2 is 2.12 bits per heavy atom. The van der Waals surface area contributed by atoms with E-state index in [2.05, 4.69) is 35.3 Å². The lowest BCUT2D eigenvalue weighted by atomic mass is 9.97. The van der Waals surface area contributed by atoms with Crippen molar-refractivity contribution >= 4 is 0 Å². The first kappa shape index (κ1) is 9.97. The summed E-state index contributed by atoms with van der Waals surface area (Å²) >= 11 is 0. The van der Waals surface area contributed by atoms with Crippen LogP contribution in [0.25, 0.3) is 0 Å². The van der Waals surface area contributed by atoms with Gasteiger partial charge in [-0.3, -0.25) is 0 Å². The van der Waals surface area contributed by atoms with Gasteiger partial charge in [-0.15, -0.1) is 0 Å². The molecular weight excluding hydrogens is 200 g/mol. The Balaban J connectivity index is 1.97. The molecular formula is C13H18N2O. The summed E-state index contributed by atoms with van der Waals surface area (Å²) in [6, 6.07) is 0.403. The van der Waals surface area contributed by atoms with Gasteiger partial charge in [0.25, 0.3) is 0 Å². The molecule has 3 rings (SSSR count). The fraction of sp³-hybridized carbons (Fsp3) is 0.538. The van der Waals surface area contributed by atoms with Gasteiger partial charge in [-0.25, -0.2) is 5.01 Å². The molecule has 1 fully saturated rings. The zero-order chi connectivity index (χ0) is 11.1. The van der Waals surface area contributed by atoms with Gasteiger partial charge >= 0.3 is 0 Å². The van der Waals surface area contributed by atoms with Crippen molar-refractivity contribution in [2.24, 2.45) is 0 Å². The van der Waals surface area contributed by atoms with Crippen LogP contribution in [0.4, 0.5) is 0 Å². The fourth-order valence-corrected chi connectivity index (χ4v) is 2.79. The number of nitrogens with zero attached hydrogens (tertiary/aromatic N) is 2. The minimum absolute atomic E-state index is 0.403. The standard InChI is InChI=1S/C13H18N2O/c1-10-7-12-11(13(8-10)16-2)9-14-5-3-4-6-15(12)14/h7-9,12H,3-6H2,1-2H3. The van der Waals surface area contributed by atoms with Gasteiger partial charge in [0, 0.05) is 24.9 Å². The topological polar surface area (TPSA) is 15.7 Å². The molecule has 1 saturated heterocycles. The molecule has 0 N–H and O–H groups in total. The van der Waals surface area contributed by atoms with Crippen LogP contribution in [0.2, 0.25) is 0 Å². The quantitative estimate of drug-likeness (QED) is 0.670. The number of hydrogen-bond acceptors (Lipinski definition) is 3. The van der Waals surface area contributed by atoms with E-state index in [-0.39, 0.29) is 0 Å². The Labute approximate surface area is 96.6 Å². The molecule has 0 aromatic carbocycles. The van der Waals surface area contributed by atoms with Crippen molar-refractivity contribution in [3.63, 3.8) is 0 Å². The van der Waals surface area contributed by atoms with E-state index >= 15 is 0 Å². The van der Waals surface area contributed by atoms with Crippen molar-refractivity contribution in [1.82, 2.24) is 10.0 Å². The first-order valence-electron chi connectivity index (χ1n) is 5.99. The molecule has 0 aromatic heterocycles. The Morgan fingerprint density at radius 1 is 1.31 bits per heavy atom. The van der Waals surface area contributed by atoms with Crippen LogP contribution in [0.5, 0.6) is 0 Å². The molecule has 0 bridgehead atoms. The van der Waals surface area contributed by atoms with Crippen LogP contribution in [-0.4, -0.2) is 36.3 Å². The second-order valence-corrected chi connectivity index (χ2v) is 4.69. The summed E-state index contributed by atoms with van der Waals surface area (Å²) in [6.45, 7) is 4.44. The second-order valence-electron chi connectivity index (χ2n) is 4.69. The van der Waals surface area contributed by atoms with Gasteiger partial charge in [-0.1, -0.05) is 6.08 Å². The maximum absolute atomic E-state index is 5.48. The molecule has 1 atom stereocenters. The molecule has 1 unspecified atom stereocenters. The fourth-order valence-electron chi connectivity index (χ4n) is 2.79. The van der Waals surface area contributed by atoms with E-state index in [1.54, 1.807) is 7.11 Å². The predicted octanol–water partition coefficient (Wildman–Crippen LogP) is 2.06. The zero-order valence-electron chi connectivity index (χ0n) is 9.94. The Bertz CT molecular complexity index is 395. The normalized spacial score (nSPS) is 29.0. The SMILES string of the molecule is COC1=CC(C)=CC2C1=CN1CCCCN21. The van der Waals surface area contributed by atoms with Gasteiger partial charge in [0.2, 0.25) is 0 Å². The van der Waals surface area contributed by atoms with Crippen LogP contribution >= 0.6 is 0 Å². The smallest absolute Gasteiger partial charge is 0.125 e. The van der Waals surface area contributed by atoms with E-state index < -0.39 is 0 Å². The van der Waals surface area contributed by atoms with E-state index in [0.29, 0.717) is 6.04 Å². The lowest BCUT2D eigenvalue weighted by molar-refractivity contribution is 0.000248. The Morgan fingerprint density at radius 3 is 2.94 bits per heavy atom. The lowest BCUT2D eigenvalue weighted by Gasteiger charge is -2.37. The zero-order valence-corrected chi connectivity index (χ0v) is 9.94. The van der Waals surface area contributed by atoms with Crippen molar-refractivity contribution in [1.29, 1.82) is 0 Å². The van der Waals surface area contributed by atoms with E-state index in [4.69, 9.17) is 4.74 Å². The molecule has 0 spiro atoms. The van der Waals surface area contributed by atoms with Crippen molar-refractivity contribution in [2.75, 3.05) is 20.2 Å². The number of rotatable bonds is 1. The van der Waals surface area contributed by atoms with E-state index in [1.165, 1.54) is 24.0 Å². The summed E-state index contributed by atoms with van der Waals surface area (Å²) in [6.07, 6.45) is 9.30. The third-order valence-corrected chi connectivity index (χ3v) is 3.57. The van der Waals surface area contributed by atoms with E-state index in [0.717, 1.165) is 18.8 Å². The van der Waals surface area contributed by atoms with Gasteiger partial charge in [-0.05, 0) is 31.4 Å². The first-order chi connectivity index (χ1) is 7.79. The highest BCUT2D eigenvalue weighted by atomic mass is 16.5. The molecule has 0 saturated carbocycles. The van der Waals surface area contributed by atoms with Gasteiger partial charge < -0.3 is 9.75 Å². The van der Waals surface area contributed by atoms with Crippen LogP contribution in [0.3, 0.4) is 0 Å². The highest BCUT2D eigenvalue weighted by Gasteiger charge is 2.36. The Hall–Kier alpha value is -1.22. The third-order valence-electron chi connectivity index (χ3n) is 3.57. The first-order valence-corrected chi connectivity index (χ1v) is 5.99.